The number of para-hydroxylation sites is 1. The number of aromatic nitrogens is 1. The van der Waals surface area contributed by atoms with Gasteiger partial charge in [-0.2, -0.15) is 0 Å². The van der Waals surface area contributed by atoms with E-state index in [0.717, 1.165) is 20.7 Å². The molecular formula is C22H17ClN2OS2. The SMILES string of the molecule is CSc1ccc(C(=O)N(Cc2ccccc2)c2nc3c(Cl)cccc3s2)cc1. The fraction of sp³-hybridized carbons (Fsp3) is 0.0909. The van der Waals surface area contributed by atoms with Crippen LogP contribution in [-0.4, -0.2) is 17.1 Å². The molecule has 140 valence electrons. The molecule has 3 nitrogen and oxygen atoms in total. The third-order valence-electron chi connectivity index (χ3n) is 4.35. The van der Waals surface area contributed by atoms with Crippen molar-refractivity contribution in [1.29, 1.82) is 0 Å². The highest BCUT2D eigenvalue weighted by Crippen LogP contribution is 2.34. The maximum Gasteiger partial charge on any atom is 0.260 e. The summed E-state index contributed by atoms with van der Waals surface area (Å²) < 4.78 is 0.964. The Morgan fingerprint density at radius 2 is 1.79 bits per heavy atom. The largest absolute Gasteiger partial charge is 0.279 e. The second-order valence-corrected chi connectivity index (χ2v) is 8.48. The van der Waals surface area contributed by atoms with Gasteiger partial charge in [-0.25, -0.2) is 4.98 Å². The first-order valence-electron chi connectivity index (χ1n) is 8.70. The van der Waals surface area contributed by atoms with Crippen molar-refractivity contribution >= 4 is 56.0 Å². The lowest BCUT2D eigenvalue weighted by molar-refractivity contribution is 0.0985. The van der Waals surface area contributed by atoms with Crippen molar-refractivity contribution in [2.75, 3.05) is 11.2 Å². The van der Waals surface area contributed by atoms with E-state index in [1.54, 1.807) is 16.7 Å². The molecule has 1 amide bonds. The van der Waals surface area contributed by atoms with Gasteiger partial charge in [-0.1, -0.05) is 59.3 Å². The Labute approximate surface area is 177 Å². The monoisotopic (exact) mass is 424 g/mol. The van der Waals surface area contributed by atoms with Crippen molar-refractivity contribution in [3.63, 3.8) is 0 Å². The average Bonchev–Trinajstić information content (AvgIpc) is 3.18. The van der Waals surface area contributed by atoms with E-state index in [9.17, 15) is 4.79 Å². The molecule has 28 heavy (non-hydrogen) atoms. The molecule has 0 fully saturated rings. The van der Waals surface area contributed by atoms with Gasteiger partial charge in [0.1, 0.15) is 5.52 Å². The van der Waals surface area contributed by atoms with Gasteiger partial charge in [0.05, 0.1) is 16.3 Å². The summed E-state index contributed by atoms with van der Waals surface area (Å²) in [5, 5.41) is 1.24. The fourth-order valence-electron chi connectivity index (χ4n) is 2.90. The summed E-state index contributed by atoms with van der Waals surface area (Å²) in [5.41, 5.74) is 2.41. The summed E-state index contributed by atoms with van der Waals surface area (Å²) in [6.07, 6.45) is 2.02. The predicted molar refractivity (Wildman–Crippen MR) is 120 cm³/mol. The molecule has 0 atom stereocenters. The minimum atomic E-state index is -0.0771. The van der Waals surface area contributed by atoms with Crippen molar-refractivity contribution in [1.82, 2.24) is 4.98 Å². The average molecular weight is 425 g/mol. The van der Waals surface area contributed by atoms with Crippen LogP contribution < -0.4 is 4.90 Å². The molecule has 1 aromatic heterocycles. The number of carbonyl (C=O) groups excluding carboxylic acids is 1. The van der Waals surface area contributed by atoms with Crippen LogP contribution in [0.25, 0.3) is 10.2 Å². The molecule has 0 bridgehead atoms. The molecule has 0 radical (unpaired) electrons. The molecule has 4 aromatic rings. The van der Waals surface area contributed by atoms with Crippen molar-refractivity contribution in [3.8, 4) is 0 Å². The highest BCUT2D eigenvalue weighted by Gasteiger charge is 2.22. The van der Waals surface area contributed by atoms with E-state index < -0.39 is 0 Å². The molecule has 6 heteroatoms. The number of benzene rings is 3. The summed E-state index contributed by atoms with van der Waals surface area (Å²) in [5.74, 6) is -0.0771. The minimum absolute atomic E-state index is 0.0771. The number of fused-ring (bicyclic) bond motifs is 1. The van der Waals surface area contributed by atoms with E-state index >= 15 is 0 Å². The first-order valence-corrected chi connectivity index (χ1v) is 11.1. The van der Waals surface area contributed by atoms with Crippen LogP contribution in [-0.2, 0) is 6.54 Å². The molecule has 0 saturated heterocycles. The lowest BCUT2D eigenvalue weighted by Gasteiger charge is -2.20. The zero-order chi connectivity index (χ0) is 19.5. The van der Waals surface area contributed by atoms with Crippen LogP contribution in [0.4, 0.5) is 5.13 Å². The van der Waals surface area contributed by atoms with Gasteiger partial charge >= 0.3 is 0 Å². The molecule has 0 spiro atoms. The molecule has 1 heterocycles. The predicted octanol–water partition coefficient (Wildman–Crippen LogP) is 6.52. The summed E-state index contributed by atoms with van der Waals surface area (Å²) in [7, 11) is 0. The highest BCUT2D eigenvalue weighted by atomic mass is 35.5. The van der Waals surface area contributed by atoms with Crippen LogP contribution in [0.2, 0.25) is 5.02 Å². The number of hydrogen-bond donors (Lipinski definition) is 0. The van der Waals surface area contributed by atoms with Crippen molar-refractivity contribution in [2.24, 2.45) is 0 Å². The third-order valence-corrected chi connectivity index (χ3v) is 6.45. The lowest BCUT2D eigenvalue weighted by Crippen LogP contribution is -2.30. The van der Waals surface area contributed by atoms with Gasteiger partial charge in [-0.15, -0.1) is 11.8 Å². The zero-order valence-corrected chi connectivity index (χ0v) is 17.5. The van der Waals surface area contributed by atoms with Gasteiger partial charge < -0.3 is 0 Å². The zero-order valence-electron chi connectivity index (χ0n) is 15.1. The van der Waals surface area contributed by atoms with Crippen molar-refractivity contribution in [2.45, 2.75) is 11.4 Å². The molecule has 0 aliphatic carbocycles. The van der Waals surface area contributed by atoms with Gasteiger partial charge in [0.25, 0.3) is 5.91 Å². The topological polar surface area (TPSA) is 33.2 Å². The first kappa shape index (κ1) is 19.0. The number of rotatable bonds is 5. The van der Waals surface area contributed by atoms with Crippen LogP contribution in [0.1, 0.15) is 15.9 Å². The number of thiazole rings is 1. The number of halogens is 1. The van der Waals surface area contributed by atoms with Crippen LogP contribution in [0.5, 0.6) is 0 Å². The maximum atomic E-state index is 13.4. The molecule has 3 aromatic carbocycles. The number of anilines is 1. The van der Waals surface area contributed by atoms with Gasteiger partial charge in [0, 0.05) is 10.5 Å². The van der Waals surface area contributed by atoms with Gasteiger partial charge in [-0.3, -0.25) is 9.69 Å². The van der Waals surface area contributed by atoms with E-state index in [0.29, 0.717) is 22.3 Å². The molecular weight excluding hydrogens is 408 g/mol. The molecule has 4 rings (SSSR count). The fourth-order valence-corrected chi connectivity index (χ4v) is 4.57. The Morgan fingerprint density at radius 3 is 2.46 bits per heavy atom. The molecule has 0 N–H and O–H groups in total. The Bertz CT molecular complexity index is 1110. The van der Waals surface area contributed by atoms with Crippen LogP contribution in [0.3, 0.4) is 0 Å². The Hall–Kier alpha value is -2.34. The Balaban J connectivity index is 1.75. The van der Waals surface area contributed by atoms with E-state index in [1.807, 2.05) is 79.1 Å². The summed E-state index contributed by atoms with van der Waals surface area (Å²) >= 11 is 9.43. The molecule has 0 aliphatic rings. The molecule has 0 saturated carbocycles. The van der Waals surface area contributed by atoms with Crippen molar-refractivity contribution < 1.29 is 4.79 Å². The van der Waals surface area contributed by atoms with Gasteiger partial charge in [-0.05, 0) is 48.2 Å². The Morgan fingerprint density at radius 1 is 1.04 bits per heavy atom. The van der Waals surface area contributed by atoms with Crippen LogP contribution in [0, 0.1) is 0 Å². The highest BCUT2D eigenvalue weighted by molar-refractivity contribution is 7.98. The first-order chi connectivity index (χ1) is 13.7. The van der Waals surface area contributed by atoms with E-state index in [-0.39, 0.29) is 5.91 Å². The van der Waals surface area contributed by atoms with Gasteiger partial charge in [0.15, 0.2) is 5.13 Å². The normalized spacial score (nSPS) is 10.9. The molecule has 0 unspecified atom stereocenters. The summed E-state index contributed by atoms with van der Waals surface area (Å²) in [6, 6.07) is 23.3. The number of nitrogens with zero attached hydrogens (tertiary/aromatic N) is 2. The summed E-state index contributed by atoms with van der Waals surface area (Å²) in [6.45, 7) is 0.446. The third kappa shape index (κ3) is 3.92. The van der Waals surface area contributed by atoms with Crippen LogP contribution >= 0.6 is 34.7 Å². The van der Waals surface area contributed by atoms with E-state index in [1.165, 1.54) is 11.3 Å². The second-order valence-electron chi connectivity index (χ2n) is 6.19. The number of amides is 1. The second kappa shape index (κ2) is 8.35. The minimum Gasteiger partial charge on any atom is -0.279 e. The summed E-state index contributed by atoms with van der Waals surface area (Å²) in [4.78, 5) is 20.9. The van der Waals surface area contributed by atoms with Crippen LogP contribution in [0.15, 0.2) is 77.7 Å². The van der Waals surface area contributed by atoms with E-state index in [4.69, 9.17) is 11.6 Å². The number of thioether (sulfide) groups is 1. The molecule has 0 aliphatic heterocycles. The lowest BCUT2D eigenvalue weighted by atomic mass is 10.1. The standard InChI is InChI=1S/C22H17ClN2OS2/c1-27-17-12-10-16(11-13-17)21(26)25(14-15-6-3-2-4-7-15)22-24-20-18(23)8-5-9-19(20)28-22/h2-13H,14H2,1H3. The Kier molecular flexibility index (Phi) is 5.67. The smallest absolute Gasteiger partial charge is 0.260 e. The quantitative estimate of drug-likeness (QED) is 0.342. The van der Waals surface area contributed by atoms with E-state index in [2.05, 4.69) is 4.98 Å². The number of hydrogen-bond acceptors (Lipinski definition) is 4. The maximum absolute atomic E-state index is 13.4. The van der Waals surface area contributed by atoms with Gasteiger partial charge in [0.2, 0.25) is 0 Å². The number of carbonyl (C=O) groups is 1. The van der Waals surface area contributed by atoms with Crippen molar-refractivity contribution in [3.05, 3.63) is 88.9 Å².